The van der Waals surface area contributed by atoms with Gasteiger partial charge in [-0.05, 0) is 17.7 Å². The van der Waals surface area contributed by atoms with E-state index in [0.717, 1.165) is 0 Å². The molecular weight excluding hydrogens is 306 g/mol. The van der Waals surface area contributed by atoms with Gasteiger partial charge in [-0.3, -0.25) is 0 Å². The van der Waals surface area contributed by atoms with Crippen molar-refractivity contribution in [1.29, 1.82) is 0 Å². The summed E-state index contributed by atoms with van der Waals surface area (Å²) in [5.74, 6) is 2.48. The highest BCUT2D eigenvalue weighted by Gasteiger charge is 2.50. The summed E-state index contributed by atoms with van der Waals surface area (Å²) < 4.78 is 7.28. The van der Waals surface area contributed by atoms with Gasteiger partial charge in [0.25, 0.3) is 0 Å². The summed E-state index contributed by atoms with van der Waals surface area (Å²) in [6, 6.07) is 0.175. The number of aromatic nitrogens is 3. The third-order valence-electron chi connectivity index (χ3n) is 3.80. The molecule has 1 saturated heterocycles. The van der Waals surface area contributed by atoms with E-state index in [9.17, 15) is 10.2 Å². The van der Waals surface area contributed by atoms with Gasteiger partial charge in [0, 0.05) is 12.6 Å². The van der Waals surface area contributed by atoms with E-state index in [0.29, 0.717) is 11.0 Å². The predicted molar refractivity (Wildman–Crippen MR) is 81.0 cm³/mol. The van der Waals surface area contributed by atoms with Gasteiger partial charge in [0.05, 0.1) is 11.4 Å². The molecule has 0 spiro atoms. The third-order valence-corrected chi connectivity index (χ3v) is 3.97. The predicted octanol–water partition coefficient (Wildman–Crippen LogP) is -0.194. The maximum absolute atomic E-state index is 10.2. The fraction of sp³-hybridized carbons (Fsp3) is 0.385. The molecule has 7 nitrogen and oxygen atoms in total. The van der Waals surface area contributed by atoms with Crippen LogP contribution in [0.5, 0.6) is 0 Å². The molecule has 0 saturated carbocycles. The van der Waals surface area contributed by atoms with Crippen LogP contribution in [0.15, 0.2) is 12.3 Å². The first-order chi connectivity index (χ1) is 10.4. The molecule has 0 aromatic carbocycles. The summed E-state index contributed by atoms with van der Waals surface area (Å²) in [7, 11) is 5.46. The molecule has 4 N–H and O–H groups in total. The number of nitrogens with zero attached hydrogens (tertiary/aromatic N) is 3. The molecule has 1 fully saturated rings. The molecule has 22 heavy (non-hydrogen) atoms. The van der Waals surface area contributed by atoms with Gasteiger partial charge in [-0.1, -0.05) is 5.92 Å². The van der Waals surface area contributed by atoms with E-state index in [1.165, 1.54) is 0 Å². The summed E-state index contributed by atoms with van der Waals surface area (Å²) in [5, 5.41) is 20.4. The Morgan fingerprint density at radius 2 is 2.36 bits per heavy atom. The van der Waals surface area contributed by atoms with Gasteiger partial charge in [0.15, 0.2) is 5.60 Å². The van der Waals surface area contributed by atoms with Crippen molar-refractivity contribution in [3.63, 3.8) is 0 Å². The number of ether oxygens (including phenoxy) is 1. The quantitative estimate of drug-likeness (QED) is 0.402. The summed E-state index contributed by atoms with van der Waals surface area (Å²) in [6.45, 7) is 0. The minimum Gasteiger partial charge on any atom is -0.399 e. The van der Waals surface area contributed by atoms with Gasteiger partial charge in [-0.25, -0.2) is 4.98 Å². The van der Waals surface area contributed by atoms with E-state index in [-0.39, 0.29) is 17.5 Å². The average molecular weight is 319 g/mol. The molecule has 4 atom stereocenters. The van der Waals surface area contributed by atoms with Crippen molar-refractivity contribution < 1.29 is 14.9 Å². The molecule has 1 unspecified atom stereocenters. The van der Waals surface area contributed by atoms with Gasteiger partial charge in [-0.15, -0.1) is 6.42 Å². The van der Waals surface area contributed by atoms with E-state index >= 15 is 0 Å². The van der Waals surface area contributed by atoms with Crippen LogP contribution in [0.25, 0.3) is 11.0 Å². The van der Waals surface area contributed by atoms with Crippen LogP contribution >= 0.6 is 11.6 Å². The van der Waals surface area contributed by atoms with Crippen molar-refractivity contribution in [1.82, 2.24) is 14.5 Å². The minimum absolute atomic E-state index is 0.00873. The maximum Gasteiger partial charge on any atom is 0.226 e. The monoisotopic (exact) mass is 318 g/mol. The molecule has 0 amide bonds. The molecular formula is C13H12BClN4O3. The molecule has 9 heteroatoms. The van der Waals surface area contributed by atoms with Crippen molar-refractivity contribution >= 4 is 36.3 Å². The fourth-order valence-electron chi connectivity index (χ4n) is 2.63. The largest absolute Gasteiger partial charge is 0.399 e. The fourth-order valence-corrected chi connectivity index (χ4v) is 2.80. The van der Waals surface area contributed by atoms with Crippen LogP contribution in [0.4, 0.5) is 5.82 Å². The highest BCUT2D eigenvalue weighted by atomic mass is 35.5. The van der Waals surface area contributed by atoms with Crippen LogP contribution in [0.2, 0.25) is 5.28 Å². The number of nitrogen functional groups attached to an aromatic ring is 1. The Hall–Kier alpha value is -1.79. The van der Waals surface area contributed by atoms with E-state index in [1.807, 2.05) is 0 Å². The smallest absolute Gasteiger partial charge is 0.226 e. The summed E-state index contributed by atoms with van der Waals surface area (Å²) in [6.07, 6.45) is 5.38. The zero-order valence-electron chi connectivity index (χ0n) is 11.3. The van der Waals surface area contributed by atoms with Gasteiger partial charge in [0.1, 0.15) is 31.6 Å². The molecule has 3 heterocycles. The Balaban J connectivity index is 2.06. The Morgan fingerprint density at radius 3 is 2.95 bits per heavy atom. The van der Waals surface area contributed by atoms with E-state index in [2.05, 4.69) is 15.9 Å². The second-order valence-corrected chi connectivity index (χ2v) is 5.38. The van der Waals surface area contributed by atoms with Crippen molar-refractivity contribution in [2.75, 3.05) is 5.73 Å². The number of aliphatic hydroxyl groups is 2. The molecule has 1 aliphatic heterocycles. The second kappa shape index (κ2) is 5.14. The average Bonchev–Trinajstić information content (AvgIpc) is 3.00. The number of aliphatic hydroxyl groups excluding tert-OH is 2. The number of hydrogen-bond acceptors (Lipinski definition) is 6. The first-order valence-corrected chi connectivity index (χ1v) is 6.83. The molecule has 2 aromatic heterocycles. The van der Waals surface area contributed by atoms with E-state index < -0.39 is 23.9 Å². The van der Waals surface area contributed by atoms with Gasteiger partial charge in [0.2, 0.25) is 5.28 Å². The molecule has 1 aliphatic rings. The normalized spacial score (nSPS) is 29.5. The van der Waals surface area contributed by atoms with E-state index in [1.54, 1.807) is 16.8 Å². The van der Waals surface area contributed by atoms with Crippen molar-refractivity contribution in [2.24, 2.45) is 0 Å². The maximum atomic E-state index is 10.2. The van der Waals surface area contributed by atoms with Crippen LogP contribution in [0.3, 0.4) is 0 Å². The Bertz CT molecular complexity index is 774. The SMILES string of the molecule is [B]C(O)[C@@]1(C#C)O[C@@H](n2ccc3c(N)nc(Cl)nc32)C[C@@H]1O. The number of anilines is 1. The number of fused-ring (bicyclic) bond motifs is 1. The second-order valence-electron chi connectivity index (χ2n) is 5.04. The van der Waals surface area contributed by atoms with Crippen LogP contribution in [0.1, 0.15) is 12.6 Å². The van der Waals surface area contributed by atoms with Gasteiger partial charge >= 0.3 is 0 Å². The molecule has 0 aliphatic carbocycles. The standard InChI is InChI=1S/C13H12BClN4O3/c1-2-13(11(14)21)7(20)5-8(22-13)19-4-3-6-9(16)17-12(15)18-10(6)19/h1,3-4,7-8,11,20-21H,5H2,(H2,16,17,18)/t7-,8+,11?,13-/m0/s1. The van der Waals surface area contributed by atoms with Gasteiger partial charge < -0.3 is 25.3 Å². The zero-order chi connectivity index (χ0) is 16.1. The van der Waals surface area contributed by atoms with E-state index in [4.69, 9.17) is 36.3 Å². The van der Waals surface area contributed by atoms with Crippen LogP contribution in [-0.4, -0.2) is 50.3 Å². The number of terminal acetylenes is 1. The van der Waals surface area contributed by atoms with Crippen molar-refractivity contribution in [2.45, 2.75) is 30.4 Å². The number of halogens is 1. The summed E-state index contributed by atoms with van der Waals surface area (Å²) in [5.41, 5.74) is 4.55. The van der Waals surface area contributed by atoms with Crippen molar-refractivity contribution in [3.05, 3.63) is 17.5 Å². The molecule has 3 rings (SSSR count). The van der Waals surface area contributed by atoms with Crippen molar-refractivity contribution in [3.8, 4) is 12.3 Å². The molecule has 112 valence electrons. The number of nitrogens with two attached hydrogens (primary N) is 1. The lowest BCUT2D eigenvalue weighted by Crippen LogP contribution is -2.49. The van der Waals surface area contributed by atoms with Crippen LogP contribution in [-0.2, 0) is 4.74 Å². The molecule has 2 radical (unpaired) electrons. The molecule has 2 aromatic rings. The summed E-state index contributed by atoms with van der Waals surface area (Å²) >= 11 is 5.82. The van der Waals surface area contributed by atoms with Gasteiger partial charge in [-0.2, -0.15) is 4.98 Å². The first-order valence-electron chi connectivity index (χ1n) is 6.46. The summed E-state index contributed by atoms with van der Waals surface area (Å²) in [4.78, 5) is 7.98. The lowest BCUT2D eigenvalue weighted by Gasteiger charge is -2.29. The molecule has 0 bridgehead atoms. The zero-order valence-corrected chi connectivity index (χ0v) is 12.1. The minimum atomic E-state index is -1.68. The Kier molecular flexibility index (Phi) is 3.53. The number of rotatable bonds is 2. The highest BCUT2D eigenvalue weighted by molar-refractivity contribution is 6.28. The lowest BCUT2D eigenvalue weighted by atomic mass is 9.80. The Morgan fingerprint density at radius 1 is 1.64 bits per heavy atom. The van der Waals surface area contributed by atoms with Crippen LogP contribution < -0.4 is 5.73 Å². The first kappa shape index (κ1) is 15.1. The Labute approximate surface area is 132 Å². The lowest BCUT2D eigenvalue weighted by molar-refractivity contribution is -0.102. The number of hydrogen-bond donors (Lipinski definition) is 3. The highest BCUT2D eigenvalue weighted by Crippen LogP contribution is 2.39. The van der Waals surface area contributed by atoms with Crippen LogP contribution in [0, 0.1) is 12.3 Å². The topological polar surface area (TPSA) is 106 Å². The third kappa shape index (κ3) is 2.06.